The number of halogens is 1. The third-order valence-electron chi connectivity index (χ3n) is 4.05. The summed E-state index contributed by atoms with van der Waals surface area (Å²) in [5, 5.41) is 11.8. The summed E-state index contributed by atoms with van der Waals surface area (Å²) in [6.07, 6.45) is 0. The van der Waals surface area contributed by atoms with Crippen molar-refractivity contribution >= 4 is 46.1 Å². The molecule has 0 saturated heterocycles. The second-order valence-corrected chi connectivity index (χ2v) is 9.72. The van der Waals surface area contributed by atoms with Crippen molar-refractivity contribution in [2.75, 3.05) is 6.66 Å². The van der Waals surface area contributed by atoms with Gasteiger partial charge in [-0.2, -0.15) is 0 Å². The van der Waals surface area contributed by atoms with Crippen LogP contribution in [0.5, 0.6) is 0 Å². The molecular formula is C21H24BrO2P. The quantitative estimate of drug-likeness (QED) is 0.652. The molecule has 0 bridgehead atoms. The zero-order valence-corrected chi connectivity index (χ0v) is 17.1. The molecular weight excluding hydrogens is 395 g/mol. The molecule has 132 valence electrons. The zero-order valence-electron chi connectivity index (χ0n) is 14.4. The summed E-state index contributed by atoms with van der Waals surface area (Å²) in [6.45, 7) is 3.52. The maximum atomic E-state index is 9.00. The molecule has 2 nitrogen and oxygen atoms in total. The summed E-state index contributed by atoms with van der Waals surface area (Å²) >= 11 is 0. The van der Waals surface area contributed by atoms with Crippen LogP contribution in [0.3, 0.4) is 0 Å². The van der Waals surface area contributed by atoms with Crippen LogP contribution >= 0.6 is 24.2 Å². The van der Waals surface area contributed by atoms with Crippen molar-refractivity contribution in [3.8, 4) is 0 Å². The van der Waals surface area contributed by atoms with Crippen molar-refractivity contribution in [2.45, 2.75) is 6.92 Å². The Morgan fingerprint density at radius 3 is 1.08 bits per heavy atom. The molecule has 0 heterocycles. The minimum absolute atomic E-state index is 0. The van der Waals surface area contributed by atoms with Crippen LogP contribution < -0.4 is 15.9 Å². The molecule has 3 rings (SSSR count). The topological polar surface area (TPSA) is 37.3 Å². The molecule has 0 fully saturated rings. The van der Waals surface area contributed by atoms with Gasteiger partial charge in [-0.15, -0.1) is 17.0 Å². The van der Waals surface area contributed by atoms with Gasteiger partial charge >= 0.3 is 121 Å². The van der Waals surface area contributed by atoms with Crippen molar-refractivity contribution in [1.82, 2.24) is 0 Å². The second kappa shape index (κ2) is 10.1. The number of hydrogen-bond donors (Lipinski definition) is 1. The minimum atomic E-state index is -1.88. The van der Waals surface area contributed by atoms with E-state index in [1.54, 1.807) is 0 Å². The summed E-state index contributed by atoms with van der Waals surface area (Å²) in [5.41, 5.74) is 0. The Balaban J connectivity index is 0.000000568. The van der Waals surface area contributed by atoms with E-state index in [1.807, 2.05) is 0 Å². The van der Waals surface area contributed by atoms with E-state index >= 15 is 0 Å². The maximum absolute atomic E-state index is 9.00. The van der Waals surface area contributed by atoms with Gasteiger partial charge < -0.3 is 5.11 Å². The van der Waals surface area contributed by atoms with Gasteiger partial charge in [-0.1, -0.05) is 0 Å². The van der Waals surface area contributed by atoms with E-state index in [0.29, 0.717) is 0 Å². The zero-order chi connectivity index (χ0) is 17.4. The summed E-state index contributed by atoms with van der Waals surface area (Å²) in [7, 11) is -1.88. The molecule has 0 aliphatic rings. The van der Waals surface area contributed by atoms with Crippen LogP contribution in [0.1, 0.15) is 6.92 Å². The molecule has 0 aliphatic heterocycles. The summed E-state index contributed by atoms with van der Waals surface area (Å²) in [5.74, 6) is -0.833. The number of rotatable bonds is 3. The normalized spacial score (nSPS) is 10.6. The van der Waals surface area contributed by atoms with E-state index < -0.39 is 13.2 Å². The first-order chi connectivity index (χ1) is 11.5. The number of hydrogen-bond acceptors (Lipinski definition) is 1. The molecule has 0 spiro atoms. The first-order valence-electron chi connectivity index (χ1n) is 7.91. The van der Waals surface area contributed by atoms with Gasteiger partial charge in [0, 0.05) is 6.92 Å². The van der Waals surface area contributed by atoms with E-state index in [4.69, 9.17) is 9.90 Å². The summed E-state index contributed by atoms with van der Waals surface area (Å²) in [6, 6.07) is 32.8. The number of carbonyl (C=O) groups is 1. The monoisotopic (exact) mass is 418 g/mol. The molecule has 0 radical (unpaired) electrons. The Hall–Kier alpha value is -1.96. The van der Waals surface area contributed by atoms with E-state index in [-0.39, 0.29) is 17.0 Å². The van der Waals surface area contributed by atoms with Crippen LogP contribution in [0.4, 0.5) is 0 Å². The van der Waals surface area contributed by atoms with Crippen LogP contribution in [0.2, 0.25) is 0 Å². The second-order valence-electron chi connectivity index (χ2n) is 5.74. The van der Waals surface area contributed by atoms with Crippen LogP contribution in [0.25, 0.3) is 0 Å². The molecule has 0 aromatic heterocycles. The molecule has 4 heteroatoms. The Bertz CT molecular complexity index is 661. The molecule has 0 unspecified atom stereocenters. The van der Waals surface area contributed by atoms with E-state index in [2.05, 4.69) is 97.7 Å². The number of carboxylic acids is 1. The van der Waals surface area contributed by atoms with Crippen LogP contribution in [-0.2, 0) is 4.79 Å². The van der Waals surface area contributed by atoms with E-state index in [1.165, 1.54) is 15.9 Å². The molecule has 0 saturated carbocycles. The average Bonchev–Trinajstić information content (AvgIpc) is 2.63. The van der Waals surface area contributed by atoms with Gasteiger partial charge in [-0.3, -0.25) is 4.79 Å². The molecule has 1 N–H and O–H groups in total. The molecule has 0 aliphatic carbocycles. The van der Waals surface area contributed by atoms with Crippen LogP contribution in [0, 0.1) is 0 Å². The van der Waals surface area contributed by atoms with Crippen molar-refractivity contribution < 1.29 is 9.90 Å². The summed E-state index contributed by atoms with van der Waals surface area (Å²) < 4.78 is 0. The first-order valence-corrected chi connectivity index (χ1v) is 10.4. The Morgan fingerprint density at radius 1 is 0.680 bits per heavy atom. The summed E-state index contributed by atoms with van der Waals surface area (Å²) in [4.78, 5) is 9.00. The molecule has 3 aromatic rings. The van der Waals surface area contributed by atoms with Crippen LogP contribution in [0.15, 0.2) is 91.0 Å². The van der Waals surface area contributed by atoms with Crippen molar-refractivity contribution in [2.24, 2.45) is 0 Å². The molecule has 0 amide bonds. The predicted molar refractivity (Wildman–Crippen MR) is 116 cm³/mol. The number of carboxylic acid groups (broad SMARTS) is 1. The van der Waals surface area contributed by atoms with E-state index in [9.17, 15) is 0 Å². The van der Waals surface area contributed by atoms with Gasteiger partial charge in [-0.25, -0.2) is 0 Å². The van der Waals surface area contributed by atoms with Gasteiger partial charge in [0.15, 0.2) is 0 Å². The van der Waals surface area contributed by atoms with Gasteiger partial charge in [0.1, 0.15) is 0 Å². The fourth-order valence-corrected chi connectivity index (χ4v) is 6.39. The molecule has 0 atom stereocenters. The Morgan fingerprint density at radius 2 is 0.880 bits per heavy atom. The standard InChI is InChI=1S/C19H19P.C2H4O2.BrH/c1-20(17-11-5-2-6-12-17,18-13-7-3-8-14-18)19-15-9-4-10-16-19;1-2(3)4;/h2-16,20H,1H3;1H3,(H,3,4);1H. The number of benzene rings is 3. The third kappa shape index (κ3) is 5.52. The third-order valence-corrected chi connectivity index (χ3v) is 8.52. The average molecular weight is 419 g/mol. The van der Waals surface area contributed by atoms with Crippen LogP contribution in [-0.4, -0.2) is 17.7 Å². The molecule has 3 aromatic carbocycles. The fraction of sp³-hybridized carbons (Fsp3) is 0.0952. The van der Waals surface area contributed by atoms with Crippen molar-refractivity contribution in [3.63, 3.8) is 0 Å². The van der Waals surface area contributed by atoms with Gasteiger partial charge in [0.05, 0.1) is 0 Å². The van der Waals surface area contributed by atoms with Gasteiger partial charge in [-0.05, 0) is 0 Å². The Labute approximate surface area is 160 Å². The predicted octanol–water partition coefficient (Wildman–Crippen LogP) is 4.01. The number of aliphatic carboxylic acids is 1. The fourth-order valence-electron chi connectivity index (χ4n) is 2.81. The van der Waals surface area contributed by atoms with Crippen molar-refractivity contribution in [3.05, 3.63) is 91.0 Å². The molecule has 25 heavy (non-hydrogen) atoms. The SMILES string of the molecule is Br.CC(=O)O.C[PH](c1ccccc1)(c1ccccc1)c1ccccc1. The van der Waals surface area contributed by atoms with Gasteiger partial charge in [0.2, 0.25) is 0 Å². The van der Waals surface area contributed by atoms with Crippen molar-refractivity contribution in [1.29, 1.82) is 0 Å². The first kappa shape index (κ1) is 21.1. The van der Waals surface area contributed by atoms with E-state index in [0.717, 1.165) is 6.92 Å². The van der Waals surface area contributed by atoms with Gasteiger partial charge in [0.25, 0.3) is 5.97 Å². The Kier molecular flexibility index (Phi) is 8.54.